The van der Waals surface area contributed by atoms with Gasteiger partial charge in [0.05, 0.1) is 6.61 Å². The van der Waals surface area contributed by atoms with Gasteiger partial charge >= 0.3 is 0 Å². The van der Waals surface area contributed by atoms with E-state index < -0.39 is 10.0 Å². The Kier molecular flexibility index (Phi) is 2.33. The van der Waals surface area contributed by atoms with E-state index >= 15 is 0 Å². The molecular formula is C8H15NO3S. The molecular weight excluding hydrogens is 190 g/mol. The molecule has 0 aromatic rings. The topological polar surface area (TPSA) is 46.6 Å². The van der Waals surface area contributed by atoms with Crippen molar-refractivity contribution in [2.75, 3.05) is 26.3 Å². The highest BCUT2D eigenvalue weighted by Gasteiger charge is 2.39. The van der Waals surface area contributed by atoms with E-state index in [0.717, 1.165) is 0 Å². The van der Waals surface area contributed by atoms with Gasteiger partial charge < -0.3 is 4.74 Å². The molecule has 5 heteroatoms. The van der Waals surface area contributed by atoms with Crippen molar-refractivity contribution in [3.8, 4) is 0 Å². The molecule has 2 aliphatic rings. The Morgan fingerprint density at radius 1 is 1.38 bits per heavy atom. The van der Waals surface area contributed by atoms with Crippen LogP contribution in [0.15, 0.2) is 0 Å². The predicted molar refractivity (Wildman–Crippen MR) is 48.9 cm³/mol. The van der Waals surface area contributed by atoms with Crippen LogP contribution in [0.2, 0.25) is 0 Å². The van der Waals surface area contributed by atoms with Gasteiger partial charge in [0.15, 0.2) is 0 Å². The first-order valence-corrected chi connectivity index (χ1v) is 6.17. The van der Waals surface area contributed by atoms with Crippen LogP contribution in [-0.2, 0) is 14.8 Å². The van der Waals surface area contributed by atoms with E-state index in [-0.39, 0.29) is 5.25 Å². The molecule has 76 valence electrons. The van der Waals surface area contributed by atoms with Crippen LogP contribution in [0.5, 0.6) is 0 Å². The molecule has 1 unspecified atom stereocenters. The van der Waals surface area contributed by atoms with Gasteiger partial charge in [0, 0.05) is 19.7 Å². The lowest BCUT2D eigenvalue weighted by Crippen LogP contribution is -2.52. The molecule has 0 aromatic heterocycles. The number of ether oxygens (including phenoxy) is 1. The molecule has 2 heterocycles. The van der Waals surface area contributed by atoms with Gasteiger partial charge in [-0.15, -0.1) is 0 Å². The number of rotatable bonds is 2. The van der Waals surface area contributed by atoms with E-state index in [9.17, 15) is 8.42 Å². The first kappa shape index (κ1) is 9.43. The van der Waals surface area contributed by atoms with Crippen molar-refractivity contribution in [2.24, 2.45) is 5.92 Å². The van der Waals surface area contributed by atoms with Crippen LogP contribution in [0.25, 0.3) is 0 Å². The normalized spacial score (nSPS) is 31.9. The zero-order valence-corrected chi connectivity index (χ0v) is 8.59. The van der Waals surface area contributed by atoms with E-state index in [1.807, 2.05) is 0 Å². The van der Waals surface area contributed by atoms with Gasteiger partial charge in [0.2, 0.25) is 10.0 Å². The van der Waals surface area contributed by atoms with Crippen LogP contribution >= 0.6 is 0 Å². The Bertz CT molecular complexity index is 276. The van der Waals surface area contributed by atoms with E-state index in [4.69, 9.17) is 4.74 Å². The zero-order valence-electron chi connectivity index (χ0n) is 7.77. The van der Waals surface area contributed by atoms with Crippen LogP contribution in [0.4, 0.5) is 0 Å². The van der Waals surface area contributed by atoms with Crippen LogP contribution in [0.3, 0.4) is 0 Å². The third-order valence-electron chi connectivity index (χ3n) is 2.70. The largest absolute Gasteiger partial charge is 0.380 e. The Morgan fingerprint density at radius 3 is 2.54 bits per heavy atom. The molecule has 0 saturated carbocycles. The lowest BCUT2D eigenvalue weighted by molar-refractivity contribution is 0.193. The van der Waals surface area contributed by atoms with Crippen molar-refractivity contribution >= 4 is 10.0 Å². The van der Waals surface area contributed by atoms with Crippen LogP contribution < -0.4 is 0 Å². The SMILES string of the molecule is CC1CN(S(=O)(=O)C2CCOC2)C1. The summed E-state index contributed by atoms with van der Waals surface area (Å²) >= 11 is 0. The second kappa shape index (κ2) is 3.22. The Hall–Kier alpha value is -0.130. The highest BCUT2D eigenvalue weighted by Crippen LogP contribution is 2.25. The Balaban J connectivity index is 2.03. The second-order valence-electron chi connectivity index (χ2n) is 3.95. The average Bonchev–Trinajstić information content (AvgIpc) is 2.50. The van der Waals surface area contributed by atoms with Crippen LogP contribution in [0.1, 0.15) is 13.3 Å². The van der Waals surface area contributed by atoms with Gasteiger partial charge in [-0.2, -0.15) is 0 Å². The molecule has 2 rings (SSSR count). The first-order valence-electron chi connectivity index (χ1n) is 4.67. The van der Waals surface area contributed by atoms with E-state index in [1.54, 1.807) is 4.31 Å². The number of sulfonamides is 1. The van der Waals surface area contributed by atoms with Gasteiger partial charge in [-0.05, 0) is 12.3 Å². The quantitative estimate of drug-likeness (QED) is 0.640. The summed E-state index contributed by atoms with van der Waals surface area (Å²) in [6.07, 6.45) is 0.660. The maximum absolute atomic E-state index is 11.8. The average molecular weight is 205 g/mol. The molecule has 0 radical (unpaired) electrons. The smallest absolute Gasteiger partial charge is 0.219 e. The lowest BCUT2D eigenvalue weighted by atomic mass is 10.1. The van der Waals surface area contributed by atoms with E-state index in [2.05, 4.69) is 6.92 Å². The summed E-state index contributed by atoms with van der Waals surface area (Å²) in [6.45, 7) is 4.43. The molecule has 13 heavy (non-hydrogen) atoms. The molecule has 0 aliphatic carbocycles. The minimum atomic E-state index is -3.03. The zero-order chi connectivity index (χ0) is 9.47. The van der Waals surface area contributed by atoms with E-state index in [0.29, 0.717) is 38.6 Å². The second-order valence-corrected chi connectivity index (χ2v) is 6.17. The van der Waals surface area contributed by atoms with Gasteiger partial charge in [-0.1, -0.05) is 6.92 Å². The Labute approximate surface area is 78.9 Å². The molecule has 0 amide bonds. The highest BCUT2D eigenvalue weighted by molar-refractivity contribution is 7.89. The summed E-state index contributed by atoms with van der Waals surface area (Å²) in [7, 11) is -3.03. The molecule has 2 fully saturated rings. The molecule has 0 N–H and O–H groups in total. The lowest BCUT2D eigenvalue weighted by Gasteiger charge is -2.37. The Morgan fingerprint density at radius 2 is 2.08 bits per heavy atom. The summed E-state index contributed by atoms with van der Waals surface area (Å²) in [5.74, 6) is 0.525. The van der Waals surface area contributed by atoms with Gasteiger partial charge in [-0.25, -0.2) is 12.7 Å². The fourth-order valence-corrected chi connectivity index (χ4v) is 3.82. The van der Waals surface area contributed by atoms with Crippen molar-refractivity contribution < 1.29 is 13.2 Å². The maximum atomic E-state index is 11.8. The minimum Gasteiger partial charge on any atom is -0.380 e. The third kappa shape index (κ3) is 1.60. The fraction of sp³-hybridized carbons (Fsp3) is 1.00. The summed E-state index contributed by atoms with van der Waals surface area (Å²) in [5.41, 5.74) is 0. The van der Waals surface area contributed by atoms with E-state index in [1.165, 1.54) is 0 Å². The summed E-state index contributed by atoms with van der Waals surface area (Å²) in [5, 5.41) is -0.278. The van der Waals surface area contributed by atoms with Crippen LogP contribution in [0, 0.1) is 5.92 Å². The fourth-order valence-electron chi connectivity index (χ4n) is 1.81. The molecule has 2 aliphatic heterocycles. The van der Waals surface area contributed by atoms with Crippen molar-refractivity contribution in [2.45, 2.75) is 18.6 Å². The van der Waals surface area contributed by atoms with Crippen molar-refractivity contribution in [1.82, 2.24) is 4.31 Å². The molecule has 1 atom stereocenters. The number of hydrogen-bond donors (Lipinski definition) is 0. The van der Waals surface area contributed by atoms with Crippen molar-refractivity contribution in [1.29, 1.82) is 0 Å². The van der Waals surface area contributed by atoms with Crippen LogP contribution in [-0.4, -0.2) is 44.3 Å². The monoisotopic (exact) mass is 205 g/mol. The van der Waals surface area contributed by atoms with Crippen molar-refractivity contribution in [3.63, 3.8) is 0 Å². The third-order valence-corrected chi connectivity index (χ3v) is 4.93. The minimum absolute atomic E-state index is 0.278. The van der Waals surface area contributed by atoms with Gasteiger partial charge in [0.25, 0.3) is 0 Å². The summed E-state index contributed by atoms with van der Waals surface area (Å²) in [4.78, 5) is 0. The van der Waals surface area contributed by atoms with Gasteiger partial charge in [-0.3, -0.25) is 0 Å². The molecule has 0 spiro atoms. The molecule has 2 saturated heterocycles. The standard InChI is InChI=1S/C8H15NO3S/c1-7-4-9(5-7)13(10,11)8-2-3-12-6-8/h7-8H,2-6H2,1H3. The molecule has 0 bridgehead atoms. The number of hydrogen-bond acceptors (Lipinski definition) is 3. The van der Waals surface area contributed by atoms with Gasteiger partial charge in [0.1, 0.15) is 5.25 Å². The highest BCUT2D eigenvalue weighted by atomic mass is 32.2. The maximum Gasteiger partial charge on any atom is 0.219 e. The summed E-state index contributed by atoms with van der Waals surface area (Å²) in [6, 6.07) is 0. The first-order chi connectivity index (χ1) is 6.10. The summed E-state index contributed by atoms with van der Waals surface area (Å²) < 4.78 is 30.3. The number of nitrogens with zero attached hydrogens (tertiary/aromatic N) is 1. The van der Waals surface area contributed by atoms with Crippen molar-refractivity contribution in [3.05, 3.63) is 0 Å². The molecule has 0 aromatic carbocycles. The molecule has 4 nitrogen and oxygen atoms in total. The predicted octanol–water partition coefficient (Wildman–Crippen LogP) is 0.0568.